The average molecular weight is 948 g/mol. The van der Waals surface area contributed by atoms with Crippen molar-refractivity contribution in [2.45, 2.75) is 130 Å². The molecule has 1 N–H and O–H groups in total. The summed E-state index contributed by atoms with van der Waals surface area (Å²) in [6.45, 7) is 12.4. The number of carboxylic acids is 1. The molecule has 0 spiro atoms. The molecule has 20 nitrogen and oxygen atoms in total. The van der Waals surface area contributed by atoms with Gasteiger partial charge in [0.1, 0.15) is 0 Å². The van der Waals surface area contributed by atoms with Crippen LogP contribution in [0.4, 0.5) is 0 Å². The minimum Gasteiger partial charge on any atom is -0.478 e. The van der Waals surface area contributed by atoms with Crippen molar-refractivity contribution in [2.75, 3.05) is 26.7 Å². The van der Waals surface area contributed by atoms with Crippen molar-refractivity contribution in [2.24, 2.45) is 0 Å². The van der Waals surface area contributed by atoms with Gasteiger partial charge in [0.05, 0.1) is 6.61 Å². The third-order valence-electron chi connectivity index (χ3n) is 9.61. The standard InChI is InChI=1S/C45H61NO19Si/c1-26(47)58-36(23-46(12)24-37(59-27(2)48)40(62-30(5)51)42(64-32(7)53)43(44(55)56)65-33(8)54)39(61-29(4)50)41(63-31(6)52)38(60-28(3)49)25-57-66(45(9,10)11,34-19-15-13-16-20-34)35-21-17-14-18-22-35/h13-22,36-43H,23-25H2,1-12H3,(H,55,56)/t36-,37-,38+,39+,40+,41+,42-,43-/m0/s1. The Balaban J connectivity index is 2.84. The fraction of sp³-hybridized carbons (Fsp3) is 0.533. The number of rotatable bonds is 24. The van der Waals surface area contributed by atoms with Gasteiger partial charge in [-0.2, -0.15) is 0 Å². The molecule has 2 rings (SSSR count). The smallest absolute Gasteiger partial charge is 0.349 e. The summed E-state index contributed by atoms with van der Waals surface area (Å²) in [5, 5.41) is 11.1. The van der Waals surface area contributed by atoms with Crippen LogP contribution in [0.2, 0.25) is 5.04 Å². The Morgan fingerprint density at radius 1 is 0.485 bits per heavy atom. The van der Waals surface area contributed by atoms with Crippen LogP contribution in [0.25, 0.3) is 0 Å². The second kappa shape index (κ2) is 25.5. The van der Waals surface area contributed by atoms with Gasteiger partial charge in [0, 0.05) is 68.5 Å². The fourth-order valence-corrected chi connectivity index (χ4v) is 12.0. The van der Waals surface area contributed by atoms with E-state index in [1.54, 1.807) is 0 Å². The van der Waals surface area contributed by atoms with Gasteiger partial charge in [-0.3, -0.25) is 43.3 Å². The van der Waals surface area contributed by atoms with Gasteiger partial charge in [-0.25, -0.2) is 4.79 Å². The van der Waals surface area contributed by atoms with Crippen LogP contribution in [0.3, 0.4) is 0 Å². The van der Waals surface area contributed by atoms with E-state index in [1.165, 1.54) is 11.9 Å². The summed E-state index contributed by atoms with van der Waals surface area (Å²) < 4.78 is 51.3. The molecule has 66 heavy (non-hydrogen) atoms. The minimum atomic E-state index is -3.40. The van der Waals surface area contributed by atoms with Gasteiger partial charge in [0.15, 0.2) is 42.7 Å². The lowest BCUT2D eigenvalue weighted by Gasteiger charge is -2.44. The second-order valence-corrected chi connectivity index (χ2v) is 20.6. The van der Waals surface area contributed by atoms with Gasteiger partial charge in [-0.1, -0.05) is 81.4 Å². The third kappa shape index (κ3) is 17.0. The zero-order chi connectivity index (χ0) is 50.1. The van der Waals surface area contributed by atoms with Gasteiger partial charge in [0.2, 0.25) is 6.10 Å². The largest absolute Gasteiger partial charge is 0.478 e. The van der Waals surface area contributed by atoms with Crippen molar-refractivity contribution < 1.29 is 90.6 Å². The maximum Gasteiger partial charge on any atom is 0.349 e. The first kappa shape index (κ1) is 55.9. The number of benzene rings is 2. The number of aliphatic carboxylic acids is 1. The second-order valence-electron chi connectivity index (χ2n) is 16.3. The van der Waals surface area contributed by atoms with E-state index in [0.717, 1.165) is 65.8 Å². The lowest BCUT2D eigenvalue weighted by atomic mass is 9.99. The van der Waals surface area contributed by atoms with Gasteiger partial charge >= 0.3 is 53.7 Å². The van der Waals surface area contributed by atoms with Crippen molar-refractivity contribution in [3.63, 3.8) is 0 Å². The van der Waals surface area contributed by atoms with Crippen LogP contribution in [-0.4, -0.2) is 148 Å². The molecular formula is C45H61NO19Si. The first-order valence-electron chi connectivity index (χ1n) is 20.7. The molecule has 0 bridgehead atoms. The first-order valence-corrected chi connectivity index (χ1v) is 22.6. The Morgan fingerprint density at radius 2 is 0.788 bits per heavy atom. The highest BCUT2D eigenvalue weighted by Crippen LogP contribution is 2.37. The summed E-state index contributed by atoms with van der Waals surface area (Å²) >= 11 is 0. The van der Waals surface area contributed by atoms with Crippen LogP contribution in [0.1, 0.15) is 76.2 Å². The maximum atomic E-state index is 13.0. The predicted molar refractivity (Wildman–Crippen MR) is 233 cm³/mol. The Kier molecular flexibility index (Phi) is 21.6. The molecule has 0 aromatic heterocycles. The van der Waals surface area contributed by atoms with Crippen molar-refractivity contribution in [1.29, 1.82) is 0 Å². The zero-order valence-electron chi connectivity index (χ0n) is 39.3. The molecule has 8 atom stereocenters. The quantitative estimate of drug-likeness (QED) is 0.0897. The molecule has 2 aromatic rings. The summed E-state index contributed by atoms with van der Waals surface area (Å²) in [5.74, 6) is -9.72. The van der Waals surface area contributed by atoms with Gasteiger partial charge < -0.3 is 47.4 Å². The highest BCUT2D eigenvalue weighted by atomic mass is 28.4. The number of hydrogen-bond acceptors (Lipinski definition) is 19. The van der Waals surface area contributed by atoms with E-state index >= 15 is 0 Å². The van der Waals surface area contributed by atoms with Crippen LogP contribution in [0.15, 0.2) is 60.7 Å². The van der Waals surface area contributed by atoms with E-state index < -0.39 is 136 Å². The van der Waals surface area contributed by atoms with Gasteiger partial charge in [-0.05, 0) is 22.5 Å². The normalized spacial score (nSPS) is 15.2. The Labute approximate surface area is 384 Å². The van der Waals surface area contributed by atoms with E-state index in [1.807, 2.05) is 81.4 Å². The summed E-state index contributed by atoms with van der Waals surface area (Å²) in [7, 11) is -2.02. The third-order valence-corrected chi connectivity index (χ3v) is 14.6. The lowest BCUT2D eigenvalue weighted by Crippen LogP contribution is -2.67. The van der Waals surface area contributed by atoms with Crippen molar-refractivity contribution >= 4 is 72.4 Å². The Morgan fingerprint density at radius 3 is 1.11 bits per heavy atom. The van der Waals surface area contributed by atoms with E-state index in [4.69, 9.17) is 42.3 Å². The summed E-state index contributed by atoms with van der Waals surface area (Å²) in [4.78, 5) is 115. The number of esters is 8. The van der Waals surface area contributed by atoms with Gasteiger partial charge in [-0.15, -0.1) is 0 Å². The molecule has 0 fully saturated rings. The summed E-state index contributed by atoms with van der Waals surface area (Å²) in [6, 6.07) is 18.8. The molecule has 2 aromatic carbocycles. The number of carbonyl (C=O) groups is 9. The predicted octanol–water partition coefficient (Wildman–Crippen LogP) is 2.03. The van der Waals surface area contributed by atoms with Crippen molar-refractivity contribution in [3.8, 4) is 0 Å². The lowest BCUT2D eigenvalue weighted by molar-refractivity contribution is -0.206. The van der Waals surface area contributed by atoms with Crippen molar-refractivity contribution in [3.05, 3.63) is 60.7 Å². The number of ether oxygens (including phenoxy) is 8. The SMILES string of the molecule is CC(=O)O[C@@H]([C@H](OC(C)=O)[C@H](OC(C)=O)C(=O)O)[C@H](CN(C)C[C@H](OC(C)=O)[C@@H](OC(C)=O)[C@H](OC(C)=O)[C@@H](CO[Si](c1ccccc1)(c1ccccc1)C(C)(C)C)OC(C)=O)OC(C)=O. The molecule has 0 amide bonds. The van der Waals surface area contributed by atoms with Crippen molar-refractivity contribution in [1.82, 2.24) is 4.90 Å². The molecule has 0 saturated carbocycles. The highest BCUT2D eigenvalue weighted by molar-refractivity contribution is 6.99. The Bertz CT molecular complexity index is 1970. The molecule has 0 aliphatic carbocycles. The number of carboxylic acid groups (broad SMARTS) is 1. The van der Waals surface area contributed by atoms with Crippen LogP contribution in [0.5, 0.6) is 0 Å². The van der Waals surface area contributed by atoms with E-state index in [9.17, 15) is 48.3 Å². The topological polar surface area (TPSA) is 260 Å². The molecule has 0 aliphatic rings. The monoisotopic (exact) mass is 947 g/mol. The molecule has 0 heterocycles. The molecule has 364 valence electrons. The fourth-order valence-electron chi connectivity index (χ4n) is 7.48. The van der Waals surface area contributed by atoms with Gasteiger partial charge in [0.25, 0.3) is 8.32 Å². The van der Waals surface area contributed by atoms with E-state index in [2.05, 4.69) is 0 Å². The van der Waals surface area contributed by atoms with Crippen LogP contribution in [-0.2, 0) is 85.5 Å². The molecule has 21 heteroatoms. The molecular weight excluding hydrogens is 887 g/mol. The number of hydrogen-bond donors (Lipinski definition) is 1. The van der Waals surface area contributed by atoms with Crippen LogP contribution in [0, 0.1) is 0 Å². The Hall–Kier alpha value is -6.19. The zero-order valence-corrected chi connectivity index (χ0v) is 40.3. The molecule has 0 radical (unpaired) electrons. The van der Waals surface area contributed by atoms with E-state index in [-0.39, 0.29) is 0 Å². The van der Waals surface area contributed by atoms with Crippen LogP contribution < -0.4 is 10.4 Å². The molecule has 0 unspecified atom stereocenters. The van der Waals surface area contributed by atoms with E-state index in [0.29, 0.717) is 0 Å². The summed E-state index contributed by atoms with van der Waals surface area (Å²) in [6.07, 6.45) is -14.7. The van der Waals surface area contributed by atoms with Crippen LogP contribution >= 0.6 is 0 Å². The highest BCUT2D eigenvalue weighted by Gasteiger charge is 2.53. The molecule has 0 aliphatic heterocycles. The minimum absolute atomic E-state index is 0.450. The number of likely N-dealkylation sites (N-methyl/N-ethyl adjacent to an activating group) is 1. The maximum absolute atomic E-state index is 13.0. The first-order chi connectivity index (χ1) is 30.7. The number of carbonyl (C=O) groups excluding carboxylic acids is 8. The number of nitrogens with zero attached hydrogens (tertiary/aromatic N) is 1. The summed E-state index contributed by atoms with van der Waals surface area (Å²) in [5.41, 5.74) is 0. The average Bonchev–Trinajstić information content (AvgIpc) is 3.18. The molecule has 0 saturated heterocycles.